The van der Waals surface area contributed by atoms with Gasteiger partial charge in [0.1, 0.15) is 5.82 Å². The Kier molecular flexibility index (Phi) is 6.54. The third kappa shape index (κ3) is 4.43. The summed E-state index contributed by atoms with van der Waals surface area (Å²) in [6, 6.07) is 10.5. The highest BCUT2D eigenvalue weighted by molar-refractivity contribution is 7.89. The molecular formula is C21H26FN3O3S. The normalized spacial score (nSPS) is 14.4. The first-order chi connectivity index (χ1) is 13.9. The predicted molar refractivity (Wildman–Crippen MR) is 112 cm³/mol. The second kappa shape index (κ2) is 8.92. The molecule has 1 aliphatic heterocycles. The van der Waals surface area contributed by atoms with Crippen LogP contribution < -0.4 is 10.2 Å². The lowest BCUT2D eigenvalue weighted by Crippen LogP contribution is -2.31. The summed E-state index contributed by atoms with van der Waals surface area (Å²) >= 11 is 0. The molecule has 1 aliphatic rings. The Morgan fingerprint density at radius 2 is 1.76 bits per heavy atom. The van der Waals surface area contributed by atoms with E-state index >= 15 is 0 Å². The van der Waals surface area contributed by atoms with Crippen LogP contribution in [0.5, 0.6) is 0 Å². The van der Waals surface area contributed by atoms with Gasteiger partial charge in [-0.1, -0.05) is 26.0 Å². The van der Waals surface area contributed by atoms with E-state index in [9.17, 15) is 17.6 Å². The number of anilines is 2. The van der Waals surface area contributed by atoms with Gasteiger partial charge in [0, 0.05) is 31.9 Å². The number of para-hydroxylation sites is 1. The average molecular weight is 420 g/mol. The quantitative estimate of drug-likeness (QED) is 0.743. The van der Waals surface area contributed by atoms with E-state index in [0.717, 1.165) is 25.9 Å². The molecule has 0 bridgehead atoms. The lowest BCUT2D eigenvalue weighted by molar-refractivity contribution is 0.102. The molecule has 0 aromatic heterocycles. The molecule has 29 heavy (non-hydrogen) atoms. The van der Waals surface area contributed by atoms with E-state index in [1.54, 1.807) is 32.0 Å². The molecule has 156 valence electrons. The first-order valence-corrected chi connectivity index (χ1v) is 11.3. The zero-order valence-corrected chi connectivity index (χ0v) is 17.5. The summed E-state index contributed by atoms with van der Waals surface area (Å²) in [4.78, 5) is 15.1. The maximum Gasteiger partial charge on any atom is 0.257 e. The molecule has 0 radical (unpaired) electrons. The van der Waals surface area contributed by atoms with Crippen LogP contribution in [0.2, 0.25) is 0 Å². The third-order valence-corrected chi connectivity index (χ3v) is 7.17. The maximum atomic E-state index is 14.0. The Morgan fingerprint density at radius 3 is 2.38 bits per heavy atom. The number of hydrogen-bond acceptors (Lipinski definition) is 4. The molecular weight excluding hydrogens is 393 g/mol. The standard InChI is InChI=1S/C21H26FN3O3S/c1-3-25(4-2)29(27,28)16-11-12-20(24-13-7-8-14-24)17(15-16)21(26)23-19-10-6-5-9-18(19)22/h5-6,9-12,15H,3-4,7-8,13-14H2,1-2H3,(H,23,26). The zero-order valence-electron chi connectivity index (χ0n) is 16.7. The van der Waals surface area contributed by atoms with Gasteiger partial charge in [-0.2, -0.15) is 4.31 Å². The molecule has 0 aliphatic carbocycles. The minimum absolute atomic E-state index is 0.0573. The zero-order chi connectivity index (χ0) is 21.0. The van der Waals surface area contributed by atoms with E-state index in [2.05, 4.69) is 10.2 Å². The van der Waals surface area contributed by atoms with Crippen LogP contribution in [0, 0.1) is 5.82 Å². The van der Waals surface area contributed by atoms with Gasteiger partial charge in [-0.15, -0.1) is 0 Å². The van der Waals surface area contributed by atoms with E-state index < -0.39 is 21.7 Å². The van der Waals surface area contributed by atoms with Gasteiger partial charge in [0.15, 0.2) is 0 Å². The summed E-state index contributed by atoms with van der Waals surface area (Å²) in [7, 11) is -3.72. The largest absolute Gasteiger partial charge is 0.371 e. The van der Waals surface area contributed by atoms with Crippen LogP contribution in [0.3, 0.4) is 0 Å². The average Bonchev–Trinajstić information content (AvgIpc) is 3.24. The molecule has 6 nitrogen and oxygen atoms in total. The lowest BCUT2D eigenvalue weighted by atomic mass is 10.1. The molecule has 0 saturated carbocycles. The van der Waals surface area contributed by atoms with Crippen molar-refractivity contribution in [3.8, 4) is 0 Å². The van der Waals surface area contributed by atoms with E-state index in [1.165, 1.54) is 28.6 Å². The number of hydrogen-bond donors (Lipinski definition) is 1. The van der Waals surface area contributed by atoms with Crippen LogP contribution in [-0.2, 0) is 10.0 Å². The van der Waals surface area contributed by atoms with Gasteiger partial charge in [0.2, 0.25) is 10.0 Å². The van der Waals surface area contributed by atoms with Gasteiger partial charge in [-0.3, -0.25) is 4.79 Å². The van der Waals surface area contributed by atoms with Gasteiger partial charge in [-0.05, 0) is 43.2 Å². The number of amides is 1. The highest BCUT2D eigenvalue weighted by Crippen LogP contribution is 2.29. The third-order valence-electron chi connectivity index (χ3n) is 5.12. The van der Waals surface area contributed by atoms with Crippen LogP contribution in [0.4, 0.5) is 15.8 Å². The molecule has 1 fully saturated rings. The first kappa shape index (κ1) is 21.3. The molecule has 1 amide bonds. The Hall–Kier alpha value is -2.45. The Labute approximate surface area is 171 Å². The van der Waals surface area contributed by atoms with Crippen molar-refractivity contribution in [3.63, 3.8) is 0 Å². The van der Waals surface area contributed by atoms with Crippen molar-refractivity contribution in [3.05, 3.63) is 53.8 Å². The van der Waals surface area contributed by atoms with Crippen molar-refractivity contribution in [2.45, 2.75) is 31.6 Å². The fourth-order valence-electron chi connectivity index (χ4n) is 3.56. The number of nitrogens with one attached hydrogen (secondary N) is 1. The fourth-order valence-corrected chi connectivity index (χ4v) is 5.04. The number of sulfonamides is 1. The lowest BCUT2D eigenvalue weighted by Gasteiger charge is -2.23. The van der Waals surface area contributed by atoms with E-state index in [4.69, 9.17) is 0 Å². The van der Waals surface area contributed by atoms with Crippen LogP contribution in [0.25, 0.3) is 0 Å². The summed E-state index contributed by atoms with van der Waals surface area (Å²) < 4.78 is 41.2. The van der Waals surface area contributed by atoms with E-state index in [-0.39, 0.29) is 16.1 Å². The highest BCUT2D eigenvalue weighted by atomic mass is 32.2. The molecule has 8 heteroatoms. The van der Waals surface area contributed by atoms with Gasteiger partial charge >= 0.3 is 0 Å². The van der Waals surface area contributed by atoms with Crippen molar-refractivity contribution in [2.75, 3.05) is 36.4 Å². The summed E-state index contributed by atoms with van der Waals surface area (Å²) in [6.07, 6.45) is 2.02. The van der Waals surface area contributed by atoms with Gasteiger partial charge in [0.05, 0.1) is 16.1 Å². The van der Waals surface area contributed by atoms with Crippen molar-refractivity contribution >= 4 is 27.3 Å². The SMILES string of the molecule is CCN(CC)S(=O)(=O)c1ccc(N2CCCC2)c(C(=O)Nc2ccccc2F)c1. The van der Waals surface area contributed by atoms with Gasteiger partial charge < -0.3 is 10.2 Å². The first-order valence-electron chi connectivity index (χ1n) is 9.83. The number of carbonyl (C=O) groups is 1. The minimum Gasteiger partial charge on any atom is -0.371 e. The molecule has 1 heterocycles. The van der Waals surface area contributed by atoms with Crippen molar-refractivity contribution < 1.29 is 17.6 Å². The molecule has 1 saturated heterocycles. The van der Waals surface area contributed by atoms with Crippen LogP contribution in [0.1, 0.15) is 37.0 Å². The summed E-state index contributed by atoms with van der Waals surface area (Å²) in [6.45, 7) is 5.80. The monoisotopic (exact) mass is 419 g/mol. The van der Waals surface area contributed by atoms with Crippen molar-refractivity contribution in [1.29, 1.82) is 0 Å². The summed E-state index contributed by atoms with van der Waals surface area (Å²) in [5, 5.41) is 2.58. The van der Waals surface area contributed by atoms with Gasteiger partial charge in [0.25, 0.3) is 5.91 Å². The number of halogens is 1. The highest BCUT2D eigenvalue weighted by Gasteiger charge is 2.26. The number of benzene rings is 2. The van der Waals surface area contributed by atoms with E-state index in [1.807, 2.05) is 0 Å². The maximum absolute atomic E-state index is 14.0. The van der Waals surface area contributed by atoms with Crippen molar-refractivity contribution in [1.82, 2.24) is 4.31 Å². The molecule has 0 atom stereocenters. The number of nitrogens with zero attached hydrogens (tertiary/aromatic N) is 2. The van der Waals surface area contributed by atoms with Crippen LogP contribution in [0.15, 0.2) is 47.4 Å². The van der Waals surface area contributed by atoms with E-state index in [0.29, 0.717) is 18.8 Å². The van der Waals surface area contributed by atoms with Crippen molar-refractivity contribution in [2.24, 2.45) is 0 Å². The summed E-state index contributed by atoms with van der Waals surface area (Å²) in [5.74, 6) is -1.08. The van der Waals surface area contributed by atoms with Gasteiger partial charge in [-0.25, -0.2) is 12.8 Å². The molecule has 0 unspecified atom stereocenters. The Bertz CT molecular complexity index is 984. The smallest absolute Gasteiger partial charge is 0.257 e. The molecule has 0 spiro atoms. The predicted octanol–water partition coefficient (Wildman–Crippen LogP) is 3.71. The fraction of sp³-hybridized carbons (Fsp3) is 0.381. The molecule has 2 aromatic rings. The second-order valence-electron chi connectivity index (χ2n) is 6.90. The number of rotatable bonds is 7. The van der Waals surface area contributed by atoms with Crippen LogP contribution in [-0.4, -0.2) is 44.8 Å². The topological polar surface area (TPSA) is 69.7 Å². The molecule has 3 rings (SSSR count). The second-order valence-corrected chi connectivity index (χ2v) is 8.83. The minimum atomic E-state index is -3.72. The Balaban J connectivity index is 2.04. The number of carbonyl (C=O) groups excluding carboxylic acids is 1. The summed E-state index contributed by atoms with van der Waals surface area (Å²) in [5.41, 5.74) is 0.945. The van der Waals surface area contributed by atoms with Crippen LogP contribution >= 0.6 is 0 Å². The Morgan fingerprint density at radius 1 is 1.10 bits per heavy atom. The molecule has 2 aromatic carbocycles. The molecule has 1 N–H and O–H groups in total.